The molecule has 0 amide bonds. The van der Waals surface area contributed by atoms with Crippen LogP contribution in [0.3, 0.4) is 0 Å². The lowest BCUT2D eigenvalue weighted by Gasteiger charge is -2.31. The molecular weight excluding hydrogens is 318 g/mol. The summed E-state index contributed by atoms with van der Waals surface area (Å²) in [6.45, 7) is 12.2. The molecule has 140 valence electrons. The van der Waals surface area contributed by atoms with Gasteiger partial charge in [0.15, 0.2) is 5.82 Å². The molecule has 0 atom stereocenters. The first-order valence-electron chi connectivity index (χ1n) is 10.1. The molecule has 1 aromatic heterocycles. The first kappa shape index (κ1) is 18.8. The van der Waals surface area contributed by atoms with Crippen LogP contribution in [0.25, 0.3) is 5.57 Å². The molecule has 2 aromatic rings. The molecule has 3 nitrogen and oxygen atoms in total. The highest BCUT2D eigenvalue weighted by Crippen LogP contribution is 2.40. The topological polar surface area (TPSA) is 21.1 Å². The van der Waals surface area contributed by atoms with Crippen LogP contribution in [0.1, 0.15) is 67.5 Å². The van der Waals surface area contributed by atoms with Crippen molar-refractivity contribution in [1.82, 2.24) is 9.78 Å². The summed E-state index contributed by atoms with van der Waals surface area (Å²) in [5.41, 5.74) is 9.63. The largest absolute Gasteiger partial charge is 0.324 e. The third kappa shape index (κ3) is 3.32. The van der Waals surface area contributed by atoms with E-state index in [0.29, 0.717) is 0 Å². The molecule has 0 radical (unpaired) electrons. The van der Waals surface area contributed by atoms with Gasteiger partial charge >= 0.3 is 0 Å². The maximum atomic E-state index is 5.00. The van der Waals surface area contributed by atoms with Crippen LogP contribution < -0.4 is 4.90 Å². The summed E-state index contributed by atoms with van der Waals surface area (Å²) in [5.74, 6) is 1.17. The number of aromatic nitrogens is 2. The van der Waals surface area contributed by atoms with Crippen molar-refractivity contribution in [1.29, 1.82) is 0 Å². The predicted octanol–water partition coefficient (Wildman–Crippen LogP) is 6.02. The van der Waals surface area contributed by atoms with E-state index in [2.05, 4.69) is 69.5 Å². The van der Waals surface area contributed by atoms with Gasteiger partial charge in [0.05, 0.1) is 5.69 Å². The quantitative estimate of drug-likeness (QED) is 0.656. The predicted molar refractivity (Wildman–Crippen MR) is 112 cm³/mol. The minimum atomic E-state index is 1.05. The van der Waals surface area contributed by atoms with E-state index >= 15 is 0 Å². The third-order valence-corrected chi connectivity index (χ3v) is 5.37. The summed E-state index contributed by atoms with van der Waals surface area (Å²) in [5, 5.41) is 5.00. The Labute approximate surface area is 158 Å². The molecular formula is C23H33N3. The van der Waals surface area contributed by atoms with E-state index in [4.69, 9.17) is 5.10 Å². The van der Waals surface area contributed by atoms with Crippen LogP contribution in [-0.2, 0) is 13.5 Å². The molecule has 0 aliphatic carbocycles. The first-order valence-corrected chi connectivity index (χ1v) is 10.1. The molecule has 0 unspecified atom stereocenters. The number of hydrogen-bond donors (Lipinski definition) is 0. The summed E-state index contributed by atoms with van der Waals surface area (Å²) in [6.07, 6.45) is 8.08. The molecule has 3 rings (SSSR count). The number of anilines is 2. The average molecular weight is 352 g/mol. The zero-order valence-corrected chi connectivity index (χ0v) is 17.3. The highest BCUT2D eigenvalue weighted by atomic mass is 15.4. The molecule has 0 fully saturated rings. The second-order valence-corrected chi connectivity index (χ2v) is 7.66. The summed E-state index contributed by atoms with van der Waals surface area (Å²) >= 11 is 0. The molecule has 2 heterocycles. The third-order valence-electron chi connectivity index (χ3n) is 5.37. The summed E-state index contributed by atoms with van der Waals surface area (Å²) in [7, 11) is 2.11. The Balaban J connectivity index is 2.13. The first-order chi connectivity index (χ1) is 12.5. The van der Waals surface area contributed by atoms with E-state index in [1.165, 1.54) is 57.9 Å². The van der Waals surface area contributed by atoms with Crippen LogP contribution in [0.5, 0.6) is 0 Å². The van der Waals surface area contributed by atoms with E-state index in [-0.39, 0.29) is 0 Å². The van der Waals surface area contributed by atoms with Crippen molar-refractivity contribution in [3.63, 3.8) is 0 Å². The van der Waals surface area contributed by atoms with Gasteiger partial charge in [0.2, 0.25) is 0 Å². The highest BCUT2D eigenvalue weighted by Gasteiger charge is 2.28. The Bertz CT molecular complexity index is 803. The lowest BCUT2D eigenvalue weighted by molar-refractivity contribution is 0.736. The fraction of sp³-hybridized carbons (Fsp3) is 0.522. The highest BCUT2D eigenvalue weighted by molar-refractivity contribution is 5.76. The van der Waals surface area contributed by atoms with Crippen LogP contribution in [0.4, 0.5) is 11.5 Å². The standard InChI is InChI=1S/C23H33N3/c1-7-10-19(11-8-2)22-20-12-9-13-26(23(20)24-25(22)6)21-17(4)14-16(3)15-18(21)5/h10,14-15H,7-9,11-13H2,1-6H3. The number of rotatable bonds is 5. The summed E-state index contributed by atoms with van der Waals surface area (Å²) in [4.78, 5) is 2.46. The van der Waals surface area contributed by atoms with Gasteiger partial charge in [0.25, 0.3) is 0 Å². The van der Waals surface area contributed by atoms with Gasteiger partial charge in [-0.3, -0.25) is 4.68 Å². The van der Waals surface area contributed by atoms with E-state index in [0.717, 1.165) is 25.8 Å². The van der Waals surface area contributed by atoms with Crippen LogP contribution >= 0.6 is 0 Å². The summed E-state index contributed by atoms with van der Waals surface area (Å²) in [6, 6.07) is 4.58. The number of aryl methyl sites for hydroxylation is 4. The second-order valence-electron chi connectivity index (χ2n) is 7.66. The minimum Gasteiger partial charge on any atom is -0.324 e. The van der Waals surface area contributed by atoms with E-state index in [1.807, 2.05) is 0 Å². The fourth-order valence-electron chi connectivity index (χ4n) is 4.57. The molecule has 26 heavy (non-hydrogen) atoms. The Morgan fingerprint density at radius 2 is 1.85 bits per heavy atom. The molecule has 0 N–H and O–H groups in total. The molecule has 1 aliphatic heterocycles. The minimum absolute atomic E-state index is 1.05. The number of allylic oxidation sites excluding steroid dienone is 2. The summed E-state index contributed by atoms with van der Waals surface area (Å²) < 4.78 is 2.12. The lowest BCUT2D eigenvalue weighted by atomic mass is 9.95. The Morgan fingerprint density at radius 1 is 1.15 bits per heavy atom. The monoisotopic (exact) mass is 351 g/mol. The van der Waals surface area contributed by atoms with Gasteiger partial charge < -0.3 is 4.90 Å². The van der Waals surface area contributed by atoms with Crippen LogP contribution in [0.15, 0.2) is 18.2 Å². The zero-order valence-electron chi connectivity index (χ0n) is 17.3. The van der Waals surface area contributed by atoms with Crippen molar-refractivity contribution in [2.24, 2.45) is 7.05 Å². The van der Waals surface area contributed by atoms with Gasteiger partial charge in [-0.25, -0.2) is 0 Å². The van der Waals surface area contributed by atoms with Gasteiger partial charge in [0.1, 0.15) is 0 Å². The number of hydrogen-bond acceptors (Lipinski definition) is 2. The van der Waals surface area contributed by atoms with Gasteiger partial charge in [-0.1, -0.05) is 44.0 Å². The van der Waals surface area contributed by atoms with E-state index in [9.17, 15) is 0 Å². The SMILES string of the molecule is CCC=C(CCC)c1c2c(nn1C)N(c1c(C)cc(C)cc1C)CCC2. The fourth-order valence-corrected chi connectivity index (χ4v) is 4.57. The van der Waals surface area contributed by atoms with Gasteiger partial charge in [-0.05, 0) is 63.2 Å². The Morgan fingerprint density at radius 3 is 2.46 bits per heavy atom. The molecule has 0 bridgehead atoms. The van der Waals surface area contributed by atoms with E-state index in [1.54, 1.807) is 0 Å². The number of nitrogens with zero attached hydrogens (tertiary/aromatic N) is 3. The van der Waals surface area contributed by atoms with Crippen molar-refractivity contribution in [2.45, 2.75) is 66.7 Å². The molecule has 0 spiro atoms. The van der Waals surface area contributed by atoms with Gasteiger partial charge in [0, 0.05) is 24.8 Å². The average Bonchev–Trinajstić information content (AvgIpc) is 2.90. The number of benzene rings is 1. The molecule has 3 heteroatoms. The zero-order chi connectivity index (χ0) is 18.8. The Kier molecular flexibility index (Phi) is 5.55. The molecule has 0 saturated heterocycles. The van der Waals surface area contributed by atoms with Crippen molar-refractivity contribution < 1.29 is 0 Å². The maximum Gasteiger partial charge on any atom is 0.158 e. The second kappa shape index (κ2) is 7.69. The molecule has 1 aromatic carbocycles. The van der Waals surface area contributed by atoms with Crippen LogP contribution in [-0.4, -0.2) is 16.3 Å². The van der Waals surface area contributed by atoms with Crippen molar-refractivity contribution in [3.8, 4) is 0 Å². The molecule has 0 saturated carbocycles. The van der Waals surface area contributed by atoms with Crippen LogP contribution in [0, 0.1) is 20.8 Å². The van der Waals surface area contributed by atoms with Crippen molar-refractivity contribution >= 4 is 17.1 Å². The van der Waals surface area contributed by atoms with Gasteiger partial charge in [-0.2, -0.15) is 5.10 Å². The normalized spacial score (nSPS) is 14.7. The lowest BCUT2D eigenvalue weighted by Crippen LogP contribution is -2.26. The smallest absolute Gasteiger partial charge is 0.158 e. The van der Waals surface area contributed by atoms with Crippen LogP contribution in [0.2, 0.25) is 0 Å². The van der Waals surface area contributed by atoms with Crippen molar-refractivity contribution in [3.05, 3.63) is 46.2 Å². The van der Waals surface area contributed by atoms with Crippen molar-refractivity contribution in [2.75, 3.05) is 11.4 Å². The van der Waals surface area contributed by atoms with Gasteiger partial charge in [-0.15, -0.1) is 0 Å². The number of fused-ring (bicyclic) bond motifs is 1. The molecule has 1 aliphatic rings. The Hall–Kier alpha value is -2.03. The van der Waals surface area contributed by atoms with E-state index < -0.39 is 0 Å². The maximum absolute atomic E-state index is 5.00.